The minimum atomic E-state index is -0.232. The maximum atomic E-state index is 13.6. The van der Waals surface area contributed by atoms with Crippen LogP contribution in [0.2, 0.25) is 5.02 Å². The Labute approximate surface area is 203 Å². The zero-order valence-corrected chi connectivity index (χ0v) is 19.8. The molecule has 3 aromatic carbocycles. The van der Waals surface area contributed by atoms with Crippen LogP contribution in [0.4, 0.5) is 11.4 Å². The van der Waals surface area contributed by atoms with Gasteiger partial charge in [-0.3, -0.25) is 9.59 Å². The van der Waals surface area contributed by atoms with Gasteiger partial charge >= 0.3 is 0 Å². The number of hydrogen-bond acceptors (Lipinski definition) is 2. The van der Waals surface area contributed by atoms with Gasteiger partial charge in [-0.15, -0.1) is 0 Å². The second-order valence-corrected chi connectivity index (χ2v) is 8.95. The first-order chi connectivity index (χ1) is 16.4. The molecule has 6 heteroatoms. The highest BCUT2D eigenvalue weighted by Crippen LogP contribution is 2.31. The summed E-state index contributed by atoms with van der Waals surface area (Å²) in [6, 6.07) is 22.6. The van der Waals surface area contributed by atoms with Crippen molar-refractivity contribution in [1.82, 2.24) is 4.57 Å². The summed E-state index contributed by atoms with van der Waals surface area (Å²) in [5.74, 6) is -0.374. The van der Waals surface area contributed by atoms with Gasteiger partial charge in [-0.1, -0.05) is 41.9 Å². The van der Waals surface area contributed by atoms with Crippen molar-refractivity contribution in [2.45, 2.75) is 26.9 Å². The lowest BCUT2D eigenvalue weighted by atomic mass is 10.0. The van der Waals surface area contributed by atoms with Crippen LogP contribution in [0.1, 0.15) is 43.1 Å². The van der Waals surface area contributed by atoms with Crippen molar-refractivity contribution in [3.8, 4) is 0 Å². The minimum Gasteiger partial charge on any atom is -0.345 e. The average Bonchev–Trinajstić information content (AvgIpc) is 3.20. The Morgan fingerprint density at radius 3 is 2.56 bits per heavy atom. The van der Waals surface area contributed by atoms with E-state index in [1.54, 1.807) is 29.2 Å². The predicted molar refractivity (Wildman–Crippen MR) is 136 cm³/mol. The van der Waals surface area contributed by atoms with Crippen molar-refractivity contribution in [2.24, 2.45) is 0 Å². The molecule has 5 nitrogen and oxygen atoms in total. The summed E-state index contributed by atoms with van der Waals surface area (Å²) in [5.41, 5.74) is 6.53. The Morgan fingerprint density at radius 1 is 0.912 bits per heavy atom. The molecule has 0 unspecified atom stereocenters. The zero-order valence-electron chi connectivity index (χ0n) is 19.0. The van der Waals surface area contributed by atoms with Crippen LogP contribution in [-0.4, -0.2) is 16.4 Å². The van der Waals surface area contributed by atoms with Gasteiger partial charge in [0.1, 0.15) is 0 Å². The molecule has 1 aromatic heterocycles. The first-order valence-corrected chi connectivity index (χ1v) is 11.5. The average molecular weight is 470 g/mol. The molecular formula is C28H24ClN3O2. The molecule has 4 aromatic rings. The fourth-order valence-electron chi connectivity index (χ4n) is 4.36. The number of nitrogens with zero attached hydrogens (tertiary/aromatic N) is 2. The minimum absolute atomic E-state index is 0.142. The van der Waals surface area contributed by atoms with E-state index in [2.05, 4.69) is 9.88 Å². The summed E-state index contributed by atoms with van der Waals surface area (Å²) < 4.78 is 2.16. The van der Waals surface area contributed by atoms with Crippen LogP contribution in [-0.2, 0) is 13.1 Å². The van der Waals surface area contributed by atoms with E-state index in [0.29, 0.717) is 34.9 Å². The Kier molecular flexibility index (Phi) is 5.72. The lowest BCUT2D eigenvalue weighted by molar-refractivity contribution is 0.0983. The number of para-hydroxylation sites is 1. The Bertz CT molecular complexity index is 1420. The third-order valence-electron chi connectivity index (χ3n) is 6.43. The fraction of sp³-hybridized carbons (Fsp3) is 0.143. The summed E-state index contributed by atoms with van der Waals surface area (Å²) in [6.07, 6.45) is 2.03. The van der Waals surface area contributed by atoms with Crippen molar-refractivity contribution >= 4 is 34.8 Å². The molecule has 0 radical (unpaired) electrons. The number of fused-ring (bicyclic) bond motifs is 2. The third kappa shape index (κ3) is 3.99. The van der Waals surface area contributed by atoms with E-state index in [1.165, 1.54) is 0 Å². The molecule has 0 fully saturated rings. The van der Waals surface area contributed by atoms with Crippen molar-refractivity contribution < 1.29 is 9.59 Å². The number of carbonyl (C=O) groups excluding carboxylic acids is 2. The number of anilines is 2. The van der Waals surface area contributed by atoms with Gasteiger partial charge in [0.05, 0.1) is 17.3 Å². The largest absolute Gasteiger partial charge is 0.345 e. The molecule has 34 heavy (non-hydrogen) atoms. The molecule has 0 bridgehead atoms. The quantitative estimate of drug-likeness (QED) is 0.387. The Balaban J connectivity index is 1.43. The van der Waals surface area contributed by atoms with Crippen LogP contribution < -0.4 is 10.2 Å². The molecule has 1 aliphatic heterocycles. The number of aromatic nitrogens is 1. The number of nitrogens with one attached hydrogen (secondary N) is 1. The van der Waals surface area contributed by atoms with E-state index >= 15 is 0 Å². The number of rotatable bonds is 3. The number of benzene rings is 3. The lowest BCUT2D eigenvalue weighted by Crippen LogP contribution is -2.30. The smallest absolute Gasteiger partial charge is 0.258 e. The van der Waals surface area contributed by atoms with E-state index in [0.717, 1.165) is 28.1 Å². The number of hydrogen-bond donors (Lipinski definition) is 1. The molecule has 0 saturated heterocycles. The topological polar surface area (TPSA) is 54.3 Å². The normalized spacial score (nSPS) is 12.5. The second-order valence-electron chi connectivity index (χ2n) is 8.54. The van der Waals surface area contributed by atoms with Gasteiger partial charge in [-0.05, 0) is 73.0 Å². The van der Waals surface area contributed by atoms with E-state index < -0.39 is 0 Å². The molecule has 0 spiro atoms. The summed E-state index contributed by atoms with van der Waals surface area (Å²) in [7, 11) is 0. The van der Waals surface area contributed by atoms with E-state index in [1.807, 2.05) is 68.6 Å². The Hall–Kier alpha value is -3.83. The molecule has 170 valence electrons. The highest BCUT2D eigenvalue weighted by molar-refractivity contribution is 6.34. The van der Waals surface area contributed by atoms with Gasteiger partial charge in [0.25, 0.3) is 11.8 Å². The number of amides is 2. The van der Waals surface area contributed by atoms with E-state index in [9.17, 15) is 9.59 Å². The molecule has 2 amide bonds. The van der Waals surface area contributed by atoms with Crippen LogP contribution in [0, 0.1) is 13.8 Å². The number of aryl methyl sites for hydroxylation is 1. The number of halogens is 1. The van der Waals surface area contributed by atoms with Crippen LogP contribution in [0.5, 0.6) is 0 Å². The van der Waals surface area contributed by atoms with E-state index in [-0.39, 0.29) is 11.8 Å². The molecule has 1 aliphatic rings. The van der Waals surface area contributed by atoms with Gasteiger partial charge in [-0.2, -0.15) is 0 Å². The lowest BCUT2D eigenvalue weighted by Gasteiger charge is -2.23. The first-order valence-electron chi connectivity index (χ1n) is 11.1. The summed E-state index contributed by atoms with van der Waals surface area (Å²) >= 11 is 6.52. The SMILES string of the molecule is Cc1cccc(C(=O)Nc2ccc(C(=O)N3Cc4cccn4Cc4ccccc43)cc2Cl)c1C. The first kappa shape index (κ1) is 22.0. The highest BCUT2D eigenvalue weighted by atomic mass is 35.5. The molecule has 0 aliphatic carbocycles. The van der Waals surface area contributed by atoms with Gasteiger partial charge in [-0.25, -0.2) is 0 Å². The molecular weight excluding hydrogens is 446 g/mol. The van der Waals surface area contributed by atoms with Crippen molar-refractivity contribution in [2.75, 3.05) is 10.2 Å². The summed E-state index contributed by atoms with van der Waals surface area (Å²) in [4.78, 5) is 28.2. The van der Waals surface area contributed by atoms with Crippen LogP contribution >= 0.6 is 11.6 Å². The molecule has 0 atom stereocenters. The van der Waals surface area contributed by atoms with Crippen LogP contribution in [0.15, 0.2) is 79.0 Å². The monoisotopic (exact) mass is 469 g/mol. The third-order valence-corrected chi connectivity index (χ3v) is 6.74. The van der Waals surface area contributed by atoms with Crippen LogP contribution in [0.3, 0.4) is 0 Å². The summed E-state index contributed by atoms with van der Waals surface area (Å²) in [5, 5.41) is 3.19. The van der Waals surface area contributed by atoms with Crippen molar-refractivity contribution in [3.63, 3.8) is 0 Å². The summed E-state index contributed by atoms with van der Waals surface area (Å²) in [6.45, 7) is 5.07. The molecule has 5 rings (SSSR count). The molecule has 0 saturated carbocycles. The second kappa shape index (κ2) is 8.84. The Morgan fingerprint density at radius 2 is 1.74 bits per heavy atom. The fourth-order valence-corrected chi connectivity index (χ4v) is 4.59. The number of carbonyl (C=O) groups is 2. The highest BCUT2D eigenvalue weighted by Gasteiger charge is 2.25. The predicted octanol–water partition coefficient (Wildman–Crippen LogP) is 6.22. The van der Waals surface area contributed by atoms with E-state index in [4.69, 9.17) is 11.6 Å². The maximum Gasteiger partial charge on any atom is 0.258 e. The van der Waals surface area contributed by atoms with Gasteiger partial charge in [0.2, 0.25) is 0 Å². The standard InChI is InChI=1S/C28H24ClN3O2/c1-18-7-5-10-23(19(18)2)27(33)30-25-13-12-20(15-24(25)29)28(34)32-17-22-9-6-14-31(22)16-21-8-3-4-11-26(21)32/h3-15H,16-17H2,1-2H3,(H,30,33). The van der Waals surface area contributed by atoms with Gasteiger partial charge in [0.15, 0.2) is 0 Å². The van der Waals surface area contributed by atoms with Crippen molar-refractivity contribution in [3.05, 3.63) is 118 Å². The van der Waals surface area contributed by atoms with Crippen LogP contribution in [0.25, 0.3) is 0 Å². The zero-order chi connectivity index (χ0) is 23.8. The molecule has 1 N–H and O–H groups in total. The van der Waals surface area contributed by atoms with Gasteiger partial charge < -0.3 is 14.8 Å². The van der Waals surface area contributed by atoms with Crippen molar-refractivity contribution in [1.29, 1.82) is 0 Å². The molecule has 2 heterocycles. The maximum absolute atomic E-state index is 13.6. The van der Waals surface area contributed by atoms with Gasteiger partial charge in [0, 0.05) is 35.2 Å².